The van der Waals surface area contributed by atoms with Crippen molar-refractivity contribution < 1.29 is 69.4 Å². The lowest BCUT2D eigenvalue weighted by atomic mass is 9.80. The average molecular weight is 555 g/mol. The normalized spacial score (nSPS) is 38.1. The number of aromatic hydroxyl groups is 1. The minimum atomic E-state index is -2.07. The van der Waals surface area contributed by atoms with Crippen LogP contribution in [0.1, 0.15) is 12.0 Å². The molecule has 4 rings (SSSR count). The van der Waals surface area contributed by atoms with Gasteiger partial charge in [-0.2, -0.15) is 0 Å². The summed E-state index contributed by atoms with van der Waals surface area (Å²) in [5.74, 6) is -4.87. The molecular formula is C25H30O14. The van der Waals surface area contributed by atoms with Gasteiger partial charge in [-0.3, -0.25) is 0 Å². The van der Waals surface area contributed by atoms with E-state index in [4.69, 9.17) is 18.9 Å². The Labute approximate surface area is 221 Å². The summed E-state index contributed by atoms with van der Waals surface area (Å²) in [6.45, 7) is -1.43. The van der Waals surface area contributed by atoms with E-state index in [0.717, 1.165) is 12.3 Å². The van der Waals surface area contributed by atoms with Gasteiger partial charge in [-0.05, 0) is 23.8 Å². The van der Waals surface area contributed by atoms with Crippen molar-refractivity contribution in [3.8, 4) is 5.75 Å². The number of aliphatic carboxylic acids is 1. The van der Waals surface area contributed by atoms with Gasteiger partial charge in [0.25, 0.3) is 0 Å². The number of carboxylic acids is 1. The van der Waals surface area contributed by atoms with Gasteiger partial charge in [-0.15, -0.1) is 0 Å². The van der Waals surface area contributed by atoms with Crippen LogP contribution in [-0.4, -0.2) is 115 Å². The van der Waals surface area contributed by atoms with Gasteiger partial charge in [0.15, 0.2) is 6.29 Å². The van der Waals surface area contributed by atoms with Crippen molar-refractivity contribution in [3.63, 3.8) is 0 Å². The van der Waals surface area contributed by atoms with Crippen molar-refractivity contribution in [2.75, 3.05) is 13.2 Å². The summed E-state index contributed by atoms with van der Waals surface area (Å²) < 4.78 is 21.6. The fourth-order valence-corrected chi connectivity index (χ4v) is 5.10. The molecule has 14 nitrogen and oxygen atoms in total. The van der Waals surface area contributed by atoms with E-state index in [0.29, 0.717) is 5.56 Å². The molecular weight excluding hydrogens is 524 g/mol. The second-order valence-corrected chi connectivity index (χ2v) is 9.68. The third-order valence-corrected chi connectivity index (χ3v) is 7.10. The van der Waals surface area contributed by atoms with Crippen LogP contribution < -0.4 is 0 Å². The van der Waals surface area contributed by atoms with Gasteiger partial charge in [0.2, 0.25) is 6.29 Å². The predicted molar refractivity (Wildman–Crippen MR) is 126 cm³/mol. The summed E-state index contributed by atoms with van der Waals surface area (Å²) >= 11 is 0. The number of carbonyl (C=O) groups is 2. The molecule has 39 heavy (non-hydrogen) atoms. The SMILES string of the molecule is O=C(/C=C/c1ccc(O)cc1)OCC1(O)CC(O)C2C(C(=O)O)=COC(O[C@@H]3O[C@H](CO)[C@@H](O)[C@H](O)[C@H]3O)C21. The number of carbonyl (C=O) groups excluding carboxylic acids is 1. The highest BCUT2D eigenvalue weighted by Crippen LogP contribution is 2.50. The number of aliphatic hydroxyl groups excluding tert-OH is 5. The largest absolute Gasteiger partial charge is 0.508 e. The van der Waals surface area contributed by atoms with Crippen LogP contribution in [0.15, 0.2) is 42.2 Å². The van der Waals surface area contributed by atoms with Crippen LogP contribution in [0.3, 0.4) is 0 Å². The van der Waals surface area contributed by atoms with Crippen LogP contribution in [0.4, 0.5) is 0 Å². The van der Waals surface area contributed by atoms with Gasteiger partial charge < -0.3 is 59.8 Å². The number of hydrogen-bond acceptors (Lipinski definition) is 13. The van der Waals surface area contributed by atoms with Gasteiger partial charge in [0, 0.05) is 18.4 Å². The number of fused-ring (bicyclic) bond motifs is 1. The van der Waals surface area contributed by atoms with Crippen molar-refractivity contribution in [1.82, 2.24) is 0 Å². The molecule has 5 unspecified atom stereocenters. The summed E-state index contributed by atoms with van der Waals surface area (Å²) in [5.41, 5.74) is -1.87. The lowest BCUT2D eigenvalue weighted by molar-refractivity contribution is -0.347. The number of phenols is 1. The molecule has 0 bridgehead atoms. The van der Waals surface area contributed by atoms with Crippen LogP contribution in [-0.2, 0) is 28.5 Å². The molecule has 0 spiro atoms. The second-order valence-electron chi connectivity index (χ2n) is 9.68. The van der Waals surface area contributed by atoms with Crippen LogP contribution >= 0.6 is 0 Å². The van der Waals surface area contributed by atoms with Crippen molar-refractivity contribution in [2.24, 2.45) is 11.8 Å². The van der Waals surface area contributed by atoms with Gasteiger partial charge in [-0.25, -0.2) is 9.59 Å². The fraction of sp³-hybridized carbons (Fsp3) is 0.520. The Morgan fingerprint density at radius 1 is 1.05 bits per heavy atom. The topological polar surface area (TPSA) is 233 Å². The van der Waals surface area contributed by atoms with Crippen molar-refractivity contribution in [1.29, 1.82) is 0 Å². The molecule has 8 N–H and O–H groups in total. The number of phenolic OH excluding ortho intramolecular Hbond substituents is 1. The van der Waals surface area contributed by atoms with E-state index in [2.05, 4.69) is 0 Å². The molecule has 2 aliphatic heterocycles. The van der Waals surface area contributed by atoms with E-state index in [1.54, 1.807) is 12.1 Å². The molecule has 2 fully saturated rings. The quantitative estimate of drug-likeness (QED) is 0.126. The standard InChI is InChI=1S/C25H30O14/c26-8-15-19(30)20(31)21(32)24(38-15)39-23-18-17(13(9-36-23)22(33)34)14(28)7-25(18,35)10-37-16(29)6-3-11-1-4-12(27)5-2-11/h1-6,9,14-15,17-21,23-24,26-28,30-32,35H,7-8,10H2,(H,33,34)/b6-3+/t14?,15-,17?,18?,19-,20+,21-,23?,24+,25?/m1/s1. The van der Waals surface area contributed by atoms with E-state index in [1.165, 1.54) is 18.2 Å². The number of aliphatic hydroxyl groups is 6. The zero-order valence-electron chi connectivity index (χ0n) is 20.4. The second kappa shape index (κ2) is 11.6. The molecule has 1 aromatic carbocycles. The smallest absolute Gasteiger partial charge is 0.335 e. The first-order valence-corrected chi connectivity index (χ1v) is 12.0. The number of benzene rings is 1. The Kier molecular flexibility index (Phi) is 8.58. The molecule has 2 heterocycles. The van der Waals surface area contributed by atoms with Gasteiger partial charge >= 0.3 is 11.9 Å². The van der Waals surface area contributed by atoms with E-state index in [1.807, 2.05) is 0 Å². The molecule has 214 valence electrons. The zero-order chi connectivity index (χ0) is 28.5. The van der Waals surface area contributed by atoms with E-state index in [9.17, 15) is 50.4 Å². The molecule has 0 aromatic heterocycles. The molecule has 14 heteroatoms. The number of hydrogen-bond donors (Lipinski definition) is 8. The first kappa shape index (κ1) is 28.9. The Hall–Kier alpha value is -3.08. The molecule has 0 amide bonds. The minimum absolute atomic E-state index is 0.0382. The maximum atomic E-state index is 12.3. The van der Waals surface area contributed by atoms with E-state index >= 15 is 0 Å². The van der Waals surface area contributed by atoms with Crippen LogP contribution in [0, 0.1) is 11.8 Å². The summed E-state index contributed by atoms with van der Waals surface area (Å²) in [6.07, 6.45) is -8.40. The maximum Gasteiger partial charge on any atom is 0.335 e. The molecule has 1 aromatic rings. The highest BCUT2D eigenvalue weighted by Gasteiger charge is 2.62. The van der Waals surface area contributed by atoms with Gasteiger partial charge in [0.1, 0.15) is 42.4 Å². The average Bonchev–Trinajstić information content (AvgIpc) is 3.18. The summed E-state index contributed by atoms with van der Waals surface area (Å²) in [5, 5.41) is 81.0. The molecule has 10 atom stereocenters. The first-order chi connectivity index (χ1) is 18.4. The molecule has 1 saturated carbocycles. The number of esters is 1. The monoisotopic (exact) mass is 554 g/mol. The summed E-state index contributed by atoms with van der Waals surface area (Å²) in [7, 11) is 0. The number of ether oxygens (including phenoxy) is 4. The maximum absolute atomic E-state index is 12.3. The van der Waals surface area contributed by atoms with Gasteiger partial charge in [-0.1, -0.05) is 12.1 Å². The third kappa shape index (κ3) is 5.92. The van der Waals surface area contributed by atoms with Crippen LogP contribution in [0.5, 0.6) is 5.75 Å². The van der Waals surface area contributed by atoms with Gasteiger partial charge in [0.05, 0.1) is 30.5 Å². The highest BCUT2D eigenvalue weighted by molar-refractivity contribution is 5.88. The third-order valence-electron chi connectivity index (χ3n) is 7.10. The lowest BCUT2D eigenvalue weighted by Crippen LogP contribution is -2.61. The Morgan fingerprint density at radius 3 is 2.38 bits per heavy atom. The van der Waals surface area contributed by atoms with E-state index < -0.39 is 92.1 Å². The number of rotatable bonds is 8. The summed E-state index contributed by atoms with van der Waals surface area (Å²) in [4.78, 5) is 24.2. The lowest BCUT2D eigenvalue weighted by Gasteiger charge is -2.44. The predicted octanol–water partition coefficient (Wildman–Crippen LogP) is -2.18. The van der Waals surface area contributed by atoms with Crippen molar-refractivity contribution >= 4 is 18.0 Å². The summed E-state index contributed by atoms with van der Waals surface area (Å²) in [6, 6.07) is 5.93. The minimum Gasteiger partial charge on any atom is -0.508 e. The fourth-order valence-electron chi connectivity index (χ4n) is 5.10. The van der Waals surface area contributed by atoms with E-state index in [-0.39, 0.29) is 11.3 Å². The van der Waals surface area contributed by atoms with Crippen molar-refractivity contribution in [2.45, 2.75) is 55.1 Å². The molecule has 1 saturated heterocycles. The molecule has 1 aliphatic carbocycles. The highest BCUT2D eigenvalue weighted by atomic mass is 16.8. The zero-order valence-corrected chi connectivity index (χ0v) is 20.4. The van der Waals surface area contributed by atoms with Crippen LogP contribution in [0.2, 0.25) is 0 Å². The Bertz CT molecular complexity index is 1100. The van der Waals surface area contributed by atoms with Crippen molar-refractivity contribution in [3.05, 3.63) is 47.7 Å². The van der Waals surface area contributed by atoms with Crippen LogP contribution in [0.25, 0.3) is 6.08 Å². The Balaban J connectivity index is 1.53. The number of carboxylic acid groups (broad SMARTS) is 1. The molecule has 0 radical (unpaired) electrons. The first-order valence-electron chi connectivity index (χ1n) is 12.0. The molecule has 3 aliphatic rings. The Morgan fingerprint density at radius 2 is 1.74 bits per heavy atom.